The summed E-state index contributed by atoms with van der Waals surface area (Å²) in [6, 6.07) is 16.1. The van der Waals surface area contributed by atoms with E-state index in [1.54, 1.807) is 0 Å². The maximum Gasteiger partial charge on any atom is 0.150 e. The third-order valence-electron chi connectivity index (χ3n) is 3.50. The number of likely N-dealkylation sites (N-methyl/N-ethyl adjacent to an activating group) is 1. The number of hydrogen-bond acceptors (Lipinski definition) is 2. The number of halogens is 1. The molecule has 0 N–H and O–H groups in total. The van der Waals surface area contributed by atoms with E-state index in [-0.39, 0.29) is 24.0 Å². The second-order valence-corrected chi connectivity index (χ2v) is 4.82. The lowest BCUT2D eigenvalue weighted by molar-refractivity contribution is 0.112. The van der Waals surface area contributed by atoms with Crippen molar-refractivity contribution >= 4 is 47.6 Å². The summed E-state index contributed by atoms with van der Waals surface area (Å²) in [5, 5.41) is 0. The van der Waals surface area contributed by atoms with E-state index < -0.39 is 0 Å². The lowest BCUT2D eigenvalue weighted by atomic mass is 9.97. The molecular weight excluding hydrogens is 361 g/mol. The molecule has 1 aliphatic rings. The third-order valence-corrected chi connectivity index (χ3v) is 3.50. The predicted molar refractivity (Wildman–Crippen MR) is 94.8 cm³/mol. The molecule has 1 aliphatic heterocycles. The average Bonchev–Trinajstić information content (AvgIpc) is 2.47. The summed E-state index contributed by atoms with van der Waals surface area (Å²) in [6.07, 6.45) is 3.10. The first-order chi connectivity index (χ1) is 9.28. The number of hydrogen-bond donors (Lipinski definition) is 0. The molecule has 2 nitrogen and oxygen atoms in total. The van der Waals surface area contributed by atoms with Crippen molar-refractivity contribution in [2.75, 3.05) is 18.5 Å². The van der Waals surface area contributed by atoms with Crippen LogP contribution in [0.2, 0.25) is 0 Å². The van der Waals surface area contributed by atoms with Crippen molar-refractivity contribution in [3.05, 3.63) is 65.2 Å². The maximum atomic E-state index is 10.7. The van der Waals surface area contributed by atoms with Gasteiger partial charge in [0.05, 0.1) is 0 Å². The largest absolute Gasteiger partial charge is 0.370 e. The van der Waals surface area contributed by atoms with E-state index in [4.69, 9.17) is 0 Å². The molecule has 2 aromatic rings. The lowest BCUT2D eigenvalue weighted by Crippen LogP contribution is -2.23. The molecule has 2 aromatic carbocycles. The Bertz CT molecular complexity index is 646. The minimum absolute atomic E-state index is 0. The van der Waals surface area contributed by atoms with Gasteiger partial charge in [-0.2, -0.15) is 0 Å². The van der Waals surface area contributed by atoms with E-state index in [0.29, 0.717) is 5.56 Å². The van der Waals surface area contributed by atoms with Crippen LogP contribution in [-0.2, 0) is 0 Å². The summed E-state index contributed by atoms with van der Waals surface area (Å²) >= 11 is 0. The summed E-state index contributed by atoms with van der Waals surface area (Å²) in [4.78, 5) is 12.9. The number of para-hydroxylation sites is 1. The first-order valence-electron chi connectivity index (χ1n) is 6.34. The van der Waals surface area contributed by atoms with Crippen LogP contribution in [0.3, 0.4) is 0 Å². The van der Waals surface area contributed by atoms with Gasteiger partial charge in [0.15, 0.2) is 0 Å². The Morgan fingerprint density at radius 2 is 1.75 bits per heavy atom. The Kier molecular flexibility index (Phi) is 4.60. The summed E-state index contributed by atoms with van der Waals surface area (Å²) in [5.74, 6) is 0. The first kappa shape index (κ1) is 14.8. The Balaban J connectivity index is 0.00000147. The van der Waals surface area contributed by atoms with Gasteiger partial charge in [0, 0.05) is 24.8 Å². The zero-order chi connectivity index (χ0) is 13.2. The Morgan fingerprint density at radius 3 is 2.45 bits per heavy atom. The molecule has 102 valence electrons. The standard InChI is InChI=1S/C17H15NO.HI/c1-18-11-16(10-15-4-2-3-5-17(15)18)14-8-6-13(12-19)7-9-14;/h2-10,12H,11H2,1H3;1H. The van der Waals surface area contributed by atoms with Gasteiger partial charge >= 0.3 is 0 Å². The molecule has 0 unspecified atom stereocenters. The van der Waals surface area contributed by atoms with Crippen LogP contribution in [0.1, 0.15) is 21.5 Å². The van der Waals surface area contributed by atoms with Gasteiger partial charge in [-0.25, -0.2) is 0 Å². The molecule has 0 saturated heterocycles. The molecule has 0 bridgehead atoms. The Morgan fingerprint density at radius 1 is 1.05 bits per heavy atom. The summed E-state index contributed by atoms with van der Waals surface area (Å²) in [6.45, 7) is 0.886. The fourth-order valence-corrected chi connectivity index (χ4v) is 2.48. The molecule has 1 heterocycles. The second kappa shape index (κ2) is 6.22. The number of rotatable bonds is 2. The zero-order valence-corrected chi connectivity index (χ0v) is 13.6. The van der Waals surface area contributed by atoms with Crippen molar-refractivity contribution in [3.63, 3.8) is 0 Å². The molecule has 20 heavy (non-hydrogen) atoms. The fraction of sp³-hybridized carbons (Fsp3) is 0.118. The van der Waals surface area contributed by atoms with Crippen molar-refractivity contribution in [1.82, 2.24) is 0 Å². The topological polar surface area (TPSA) is 20.3 Å². The number of carbonyl (C=O) groups excluding carboxylic acids is 1. The number of carbonyl (C=O) groups is 1. The van der Waals surface area contributed by atoms with E-state index >= 15 is 0 Å². The molecule has 0 aliphatic carbocycles. The molecule has 0 amide bonds. The summed E-state index contributed by atoms with van der Waals surface area (Å²) < 4.78 is 0. The number of fused-ring (bicyclic) bond motifs is 1. The Hall–Kier alpha value is -1.62. The van der Waals surface area contributed by atoms with Crippen LogP contribution in [0.4, 0.5) is 5.69 Å². The SMILES string of the molecule is CN1CC(c2ccc(C=O)cc2)=Cc2ccccc21.I. The van der Waals surface area contributed by atoms with Crippen LogP contribution in [0, 0.1) is 0 Å². The molecular formula is C17H16INO. The molecule has 0 fully saturated rings. The highest BCUT2D eigenvalue weighted by molar-refractivity contribution is 14.0. The first-order valence-corrected chi connectivity index (χ1v) is 6.34. The van der Waals surface area contributed by atoms with Gasteiger partial charge in [0.1, 0.15) is 6.29 Å². The zero-order valence-electron chi connectivity index (χ0n) is 11.2. The van der Waals surface area contributed by atoms with E-state index in [2.05, 4.69) is 42.3 Å². The molecule has 0 radical (unpaired) electrons. The molecule has 3 heteroatoms. The highest BCUT2D eigenvalue weighted by Gasteiger charge is 2.15. The number of nitrogens with zero attached hydrogens (tertiary/aromatic N) is 1. The van der Waals surface area contributed by atoms with Gasteiger partial charge in [0.25, 0.3) is 0 Å². The highest BCUT2D eigenvalue weighted by atomic mass is 127. The number of aldehydes is 1. The number of benzene rings is 2. The van der Waals surface area contributed by atoms with Crippen LogP contribution in [-0.4, -0.2) is 19.9 Å². The van der Waals surface area contributed by atoms with Gasteiger partial charge in [-0.15, -0.1) is 24.0 Å². The highest BCUT2D eigenvalue weighted by Crippen LogP contribution is 2.31. The lowest BCUT2D eigenvalue weighted by Gasteiger charge is -2.27. The van der Waals surface area contributed by atoms with E-state index in [0.717, 1.165) is 12.8 Å². The smallest absolute Gasteiger partial charge is 0.150 e. The van der Waals surface area contributed by atoms with Crippen molar-refractivity contribution < 1.29 is 4.79 Å². The fourth-order valence-electron chi connectivity index (χ4n) is 2.48. The van der Waals surface area contributed by atoms with Crippen molar-refractivity contribution in [3.8, 4) is 0 Å². The summed E-state index contributed by atoms with van der Waals surface area (Å²) in [5.41, 5.74) is 5.67. The van der Waals surface area contributed by atoms with Crippen molar-refractivity contribution in [1.29, 1.82) is 0 Å². The quantitative estimate of drug-likeness (QED) is 0.580. The van der Waals surface area contributed by atoms with Gasteiger partial charge in [-0.1, -0.05) is 42.5 Å². The van der Waals surface area contributed by atoms with Gasteiger partial charge in [-0.3, -0.25) is 4.79 Å². The third kappa shape index (κ3) is 2.77. The minimum Gasteiger partial charge on any atom is -0.370 e. The van der Waals surface area contributed by atoms with E-state index in [1.807, 2.05) is 24.3 Å². The molecule has 0 spiro atoms. The number of anilines is 1. The average molecular weight is 377 g/mol. The molecule has 3 rings (SSSR count). The van der Waals surface area contributed by atoms with Gasteiger partial charge in [0.2, 0.25) is 0 Å². The van der Waals surface area contributed by atoms with Crippen molar-refractivity contribution in [2.24, 2.45) is 0 Å². The Labute approximate surface area is 136 Å². The van der Waals surface area contributed by atoms with Crippen LogP contribution in [0.5, 0.6) is 0 Å². The predicted octanol–water partition coefficient (Wildman–Crippen LogP) is 4.11. The molecule has 0 aromatic heterocycles. The van der Waals surface area contributed by atoms with E-state index in [1.165, 1.54) is 22.4 Å². The van der Waals surface area contributed by atoms with Gasteiger partial charge in [-0.05, 0) is 28.8 Å². The van der Waals surface area contributed by atoms with Crippen LogP contribution >= 0.6 is 24.0 Å². The maximum absolute atomic E-state index is 10.7. The van der Waals surface area contributed by atoms with Crippen LogP contribution < -0.4 is 4.90 Å². The van der Waals surface area contributed by atoms with Crippen molar-refractivity contribution in [2.45, 2.75) is 0 Å². The molecule has 0 saturated carbocycles. The normalized spacial score (nSPS) is 13.1. The minimum atomic E-state index is 0. The molecule has 0 atom stereocenters. The van der Waals surface area contributed by atoms with Crippen LogP contribution in [0.25, 0.3) is 11.6 Å². The summed E-state index contributed by atoms with van der Waals surface area (Å²) in [7, 11) is 2.10. The van der Waals surface area contributed by atoms with Crippen LogP contribution in [0.15, 0.2) is 48.5 Å². The monoisotopic (exact) mass is 377 g/mol. The van der Waals surface area contributed by atoms with E-state index in [9.17, 15) is 4.79 Å². The van der Waals surface area contributed by atoms with Gasteiger partial charge < -0.3 is 4.90 Å². The second-order valence-electron chi connectivity index (χ2n) is 4.82.